The number of likely N-dealkylation sites (tertiary alicyclic amines) is 1. The second kappa shape index (κ2) is 12.2. The van der Waals surface area contributed by atoms with Crippen LogP contribution < -0.4 is 11.1 Å². The van der Waals surface area contributed by atoms with Crippen molar-refractivity contribution in [3.63, 3.8) is 0 Å². The van der Waals surface area contributed by atoms with Crippen molar-refractivity contribution in [1.82, 2.24) is 10.2 Å². The van der Waals surface area contributed by atoms with Crippen molar-refractivity contribution in [2.75, 3.05) is 20.3 Å². The SMILES string of the molecule is COCC(=O)N1CCC(OCc2ccc(F)cc2)CC1C(=O)NC(Cc1ccccc1)C(N)=O. The van der Waals surface area contributed by atoms with Gasteiger partial charge in [0.15, 0.2) is 0 Å². The maximum absolute atomic E-state index is 13.2. The number of amides is 3. The molecule has 0 spiro atoms. The third kappa shape index (κ3) is 7.10. The molecule has 3 atom stereocenters. The number of carbonyl (C=O) groups excluding carboxylic acids is 3. The molecule has 1 aliphatic heterocycles. The normalized spacial score (nSPS) is 18.8. The molecule has 2 aromatic carbocycles. The number of primary amides is 1. The van der Waals surface area contributed by atoms with E-state index in [2.05, 4.69) is 5.32 Å². The van der Waals surface area contributed by atoms with Crippen molar-refractivity contribution >= 4 is 17.7 Å². The first-order chi connectivity index (χ1) is 16.4. The standard InChI is InChI=1S/C25H30FN3O5/c1-33-16-23(30)29-12-11-20(34-15-18-7-9-19(26)10-8-18)14-22(29)25(32)28-21(24(27)31)13-17-5-3-2-4-6-17/h2-10,20-22H,11-16H2,1H3,(H2,27,31)(H,28,32). The Bertz CT molecular complexity index is 970. The number of methoxy groups -OCH3 is 1. The molecule has 3 unspecified atom stereocenters. The van der Waals surface area contributed by atoms with Crippen molar-refractivity contribution in [1.29, 1.82) is 0 Å². The van der Waals surface area contributed by atoms with Gasteiger partial charge in [0.2, 0.25) is 17.7 Å². The Balaban J connectivity index is 1.69. The number of halogens is 1. The van der Waals surface area contributed by atoms with Gasteiger partial charge in [-0.3, -0.25) is 14.4 Å². The van der Waals surface area contributed by atoms with Gasteiger partial charge in [-0.2, -0.15) is 0 Å². The van der Waals surface area contributed by atoms with Gasteiger partial charge in [0.25, 0.3) is 0 Å². The quantitative estimate of drug-likeness (QED) is 0.546. The number of carbonyl (C=O) groups is 3. The highest BCUT2D eigenvalue weighted by Crippen LogP contribution is 2.22. The van der Waals surface area contributed by atoms with Crippen LogP contribution in [0.3, 0.4) is 0 Å². The fourth-order valence-corrected chi connectivity index (χ4v) is 3.97. The summed E-state index contributed by atoms with van der Waals surface area (Å²) in [6, 6.07) is 13.4. The second-order valence-corrected chi connectivity index (χ2v) is 8.27. The van der Waals surface area contributed by atoms with E-state index in [0.29, 0.717) is 13.0 Å². The zero-order valence-electron chi connectivity index (χ0n) is 19.1. The summed E-state index contributed by atoms with van der Waals surface area (Å²) >= 11 is 0. The first-order valence-corrected chi connectivity index (χ1v) is 11.2. The van der Waals surface area contributed by atoms with Gasteiger partial charge in [-0.15, -0.1) is 0 Å². The van der Waals surface area contributed by atoms with Crippen LogP contribution in [0.4, 0.5) is 4.39 Å². The number of nitrogens with one attached hydrogen (secondary N) is 1. The Morgan fingerprint density at radius 1 is 1.12 bits per heavy atom. The minimum absolute atomic E-state index is 0.159. The van der Waals surface area contributed by atoms with E-state index in [1.807, 2.05) is 30.3 Å². The summed E-state index contributed by atoms with van der Waals surface area (Å²) in [6.07, 6.45) is 0.724. The van der Waals surface area contributed by atoms with Crippen LogP contribution in [0.1, 0.15) is 24.0 Å². The molecule has 0 aromatic heterocycles. The number of hydrogen-bond donors (Lipinski definition) is 2. The van der Waals surface area contributed by atoms with Gasteiger partial charge in [-0.05, 0) is 29.7 Å². The van der Waals surface area contributed by atoms with E-state index < -0.39 is 23.9 Å². The molecule has 3 amide bonds. The lowest BCUT2D eigenvalue weighted by atomic mass is 9.97. The molecule has 3 N–H and O–H groups in total. The first kappa shape index (κ1) is 25.3. The Kier molecular flexibility index (Phi) is 9.12. The molecule has 34 heavy (non-hydrogen) atoms. The Hall–Kier alpha value is -3.30. The number of piperidine rings is 1. The predicted molar refractivity (Wildman–Crippen MR) is 123 cm³/mol. The van der Waals surface area contributed by atoms with Gasteiger partial charge in [-0.1, -0.05) is 42.5 Å². The van der Waals surface area contributed by atoms with Crippen LogP contribution in [0, 0.1) is 5.82 Å². The topological polar surface area (TPSA) is 111 Å². The van der Waals surface area contributed by atoms with Crippen molar-refractivity contribution in [2.24, 2.45) is 5.73 Å². The number of hydrogen-bond acceptors (Lipinski definition) is 5. The van der Waals surface area contributed by atoms with Gasteiger partial charge in [0, 0.05) is 26.5 Å². The summed E-state index contributed by atoms with van der Waals surface area (Å²) in [7, 11) is 1.41. The van der Waals surface area contributed by atoms with Crippen molar-refractivity contribution in [3.05, 3.63) is 71.5 Å². The number of nitrogens with two attached hydrogens (primary N) is 1. The molecular formula is C25H30FN3O5. The number of rotatable bonds is 10. The second-order valence-electron chi connectivity index (χ2n) is 8.27. The van der Waals surface area contributed by atoms with Gasteiger partial charge < -0.3 is 25.4 Å². The van der Waals surface area contributed by atoms with E-state index in [4.69, 9.17) is 15.2 Å². The van der Waals surface area contributed by atoms with Crippen LogP contribution in [-0.4, -0.2) is 61.1 Å². The lowest BCUT2D eigenvalue weighted by Gasteiger charge is -2.38. The highest BCUT2D eigenvalue weighted by molar-refractivity contribution is 5.92. The van der Waals surface area contributed by atoms with Gasteiger partial charge >= 0.3 is 0 Å². The summed E-state index contributed by atoms with van der Waals surface area (Å²) in [5, 5.41) is 2.72. The molecule has 182 valence electrons. The van der Waals surface area contributed by atoms with Gasteiger partial charge in [-0.25, -0.2) is 4.39 Å². The van der Waals surface area contributed by atoms with Gasteiger partial charge in [0.05, 0.1) is 12.7 Å². The summed E-state index contributed by atoms with van der Waals surface area (Å²) in [5.74, 6) is -1.78. The Morgan fingerprint density at radius 2 is 1.82 bits per heavy atom. The smallest absolute Gasteiger partial charge is 0.249 e. The molecule has 0 aliphatic carbocycles. The number of ether oxygens (including phenoxy) is 2. The van der Waals surface area contributed by atoms with Crippen molar-refractivity contribution in [2.45, 2.75) is 44.1 Å². The van der Waals surface area contributed by atoms with Crippen LogP contribution in [0.2, 0.25) is 0 Å². The van der Waals surface area contributed by atoms with Crippen LogP contribution in [-0.2, 0) is 36.9 Å². The fraction of sp³-hybridized carbons (Fsp3) is 0.400. The van der Waals surface area contributed by atoms with Crippen molar-refractivity contribution in [3.8, 4) is 0 Å². The van der Waals surface area contributed by atoms with Crippen LogP contribution in [0.15, 0.2) is 54.6 Å². The summed E-state index contributed by atoms with van der Waals surface area (Å²) in [6.45, 7) is 0.394. The van der Waals surface area contributed by atoms with E-state index in [9.17, 15) is 18.8 Å². The highest BCUT2D eigenvalue weighted by atomic mass is 19.1. The molecule has 0 bridgehead atoms. The fourth-order valence-electron chi connectivity index (χ4n) is 3.97. The zero-order chi connectivity index (χ0) is 24.5. The third-order valence-corrected chi connectivity index (χ3v) is 5.79. The van der Waals surface area contributed by atoms with E-state index >= 15 is 0 Å². The number of nitrogens with zero attached hydrogens (tertiary/aromatic N) is 1. The largest absolute Gasteiger partial charge is 0.375 e. The van der Waals surface area contributed by atoms with Gasteiger partial charge in [0.1, 0.15) is 24.5 Å². The highest BCUT2D eigenvalue weighted by Gasteiger charge is 2.37. The van der Waals surface area contributed by atoms with Crippen molar-refractivity contribution < 1.29 is 28.2 Å². The lowest BCUT2D eigenvalue weighted by molar-refractivity contribution is -0.149. The van der Waals surface area contributed by atoms with E-state index in [0.717, 1.165) is 11.1 Å². The molecule has 3 rings (SSSR count). The average molecular weight is 472 g/mol. The average Bonchev–Trinajstić information content (AvgIpc) is 2.83. The molecule has 1 saturated heterocycles. The molecule has 2 aromatic rings. The molecule has 8 nitrogen and oxygen atoms in total. The zero-order valence-corrected chi connectivity index (χ0v) is 19.1. The van der Waals surface area contributed by atoms with E-state index in [-0.39, 0.29) is 43.9 Å². The summed E-state index contributed by atoms with van der Waals surface area (Å²) in [5.41, 5.74) is 7.20. The maximum atomic E-state index is 13.2. The molecule has 1 heterocycles. The molecule has 0 saturated carbocycles. The Labute approximate surface area is 198 Å². The summed E-state index contributed by atoms with van der Waals surface area (Å²) < 4.78 is 24.1. The molecule has 1 fully saturated rings. The van der Waals surface area contributed by atoms with E-state index in [1.165, 1.54) is 24.1 Å². The van der Waals surface area contributed by atoms with Crippen LogP contribution in [0.5, 0.6) is 0 Å². The maximum Gasteiger partial charge on any atom is 0.249 e. The lowest BCUT2D eigenvalue weighted by Crippen LogP contribution is -2.58. The molecular weight excluding hydrogens is 441 g/mol. The predicted octanol–water partition coefficient (Wildman–Crippen LogP) is 1.56. The van der Waals surface area contributed by atoms with Crippen LogP contribution in [0.25, 0.3) is 0 Å². The minimum atomic E-state index is -0.921. The first-order valence-electron chi connectivity index (χ1n) is 11.2. The minimum Gasteiger partial charge on any atom is -0.375 e. The number of benzene rings is 2. The Morgan fingerprint density at radius 3 is 2.47 bits per heavy atom. The molecule has 1 aliphatic rings. The van der Waals surface area contributed by atoms with E-state index in [1.54, 1.807) is 12.1 Å². The molecule has 0 radical (unpaired) electrons. The molecule has 9 heteroatoms. The van der Waals surface area contributed by atoms with Crippen LogP contribution >= 0.6 is 0 Å². The third-order valence-electron chi connectivity index (χ3n) is 5.79. The monoisotopic (exact) mass is 471 g/mol. The summed E-state index contributed by atoms with van der Waals surface area (Å²) in [4.78, 5) is 39.3.